The van der Waals surface area contributed by atoms with E-state index in [1.807, 2.05) is 12.1 Å². The van der Waals surface area contributed by atoms with Crippen LogP contribution in [0, 0.1) is 11.3 Å². The zero-order valence-corrected chi connectivity index (χ0v) is 9.83. The van der Waals surface area contributed by atoms with Crippen LogP contribution in [-0.4, -0.2) is 21.3 Å². The first-order chi connectivity index (χ1) is 7.51. The van der Waals surface area contributed by atoms with Crippen LogP contribution in [0.3, 0.4) is 0 Å². The van der Waals surface area contributed by atoms with Crippen LogP contribution in [-0.2, 0) is 20.7 Å². The fourth-order valence-corrected chi connectivity index (χ4v) is 1.70. The van der Waals surface area contributed by atoms with Gasteiger partial charge in [0.2, 0.25) is 0 Å². The normalized spacial score (nSPS) is 11.0. The Labute approximate surface area is 95.6 Å². The molecule has 0 bridgehead atoms. The van der Waals surface area contributed by atoms with Gasteiger partial charge < -0.3 is 0 Å². The maximum atomic E-state index is 10.7. The molecule has 0 spiro atoms. The largest absolute Gasteiger partial charge is 0.270 e. The van der Waals surface area contributed by atoms with Gasteiger partial charge in [-0.1, -0.05) is 12.1 Å². The standard InChI is InChI=1S/C11H13NO3S/c1-16(13,14)15-7-3-6-10-4-2-5-11(8-10)9-12/h2,4-5,8H,3,6-7H2,1H3. The number of rotatable bonds is 5. The van der Waals surface area contributed by atoms with Gasteiger partial charge in [0.15, 0.2) is 0 Å². The molecule has 0 aliphatic heterocycles. The van der Waals surface area contributed by atoms with E-state index in [0.717, 1.165) is 11.8 Å². The first kappa shape index (κ1) is 12.7. The minimum absolute atomic E-state index is 0.176. The molecule has 0 aliphatic rings. The quantitative estimate of drug-likeness (QED) is 0.576. The highest BCUT2D eigenvalue weighted by atomic mass is 32.2. The molecule has 16 heavy (non-hydrogen) atoms. The molecule has 0 saturated heterocycles. The lowest BCUT2D eigenvalue weighted by Crippen LogP contribution is -2.04. The Kier molecular flexibility index (Phi) is 4.47. The van der Waals surface area contributed by atoms with Crippen LogP contribution in [0.2, 0.25) is 0 Å². The molecule has 1 aromatic rings. The molecule has 1 rings (SSSR count). The van der Waals surface area contributed by atoms with Gasteiger partial charge in [-0.05, 0) is 30.5 Å². The van der Waals surface area contributed by atoms with E-state index >= 15 is 0 Å². The van der Waals surface area contributed by atoms with Gasteiger partial charge in [-0.25, -0.2) is 0 Å². The minimum atomic E-state index is -3.34. The highest BCUT2D eigenvalue weighted by molar-refractivity contribution is 7.85. The van der Waals surface area contributed by atoms with Gasteiger partial charge in [0.05, 0.1) is 24.5 Å². The van der Waals surface area contributed by atoms with Crippen LogP contribution >= 0.6 is 0 Å². The summed E-state index contributed by atoms with van der Waals surface area (Å²) in [6.45, 7) is 0.176. The second kappa shape index (κ2) is 5.64. The van der Waals surface area contributed by atoms with Crippen molar-refractivity contribution in [3.8, 4) is 6.07 Å². The minimum Gasteiger partial charge on any atom is -0.270 e. The van der Waals surface area contributed by atoms with E-state index in [1.54, 1.807) is 12.1 Å². The summed E-state index contributed by atoms with van der Waals surface area (Å²) in [4.78, 5) is 0. The van der Waals surface area contributed by atoms with E-state index < -0.39 is 10.1 Å². The van der Waals surface area contributed by atoms with E-state index in [2.05, 4.69) is 10.3 Å². The van der Waals surface area contributed by atoms with Crippen molar-refractivity contribution >= 4 is 10.1 Å². The molecule has 0 atom stereocenters. The average molecular weight is 239 g/mol. The van der Waals surface area contributed by atoms with Gasteiger partial charge in [-0.15, -0.1) is 0 Å². The lowest BCUT2D eigenvalue weighted by Gasteiger charge is -2.02. The van der Waals surface area contributed by atoms with Crippen molar-refractivity contribution in [3.05, 3.63) is 35.4 Å². The molecule has 0 radical (unpaired) electrons. The molecule has 0 fully saturated rings. The molecular weight excluding hydrogens is 226 g/mol. The van der Waals surface area contributed by atoms with E-state index in [0.29, 0.717) is 18.4 Å². The van der Waals surface area contributed by atoms with Gasteiger partial charge in [-0.3, -0.25) is 4.18 Å². The fraction of sp³-hybridized carbons (Fsp3) is 0.364. The molecule has 0 aliphatic carbocycles. The van der Waals surface area contributed by atoms with Crippen molar-refractivity contribution in [1.82, 2.24) is 0 Å². The zero-order chi connectivity index (χ0) is 12.0. The maximum Gasteiger partial charge on any atom is 0.264 e. The average Bonchev–Trinajstić information content (AvgIpc) is 2.23. The van der Waals surface area contributed by atoms with Crippen LogP contribution in [0.5, 0.6) is 0 Å². The fourth-order valence-electron chi connectivity index (χ4n) is 1.28. The molecule has 0 aromatic heterocycles. The number of hydrogen-bond donors (Lipinski definition) is 0. The first-order valence-electron chi connectivity index (χ1n) is 4.85. The van der Waals surface area contributed by atoms with Crippen LogP contribution in [0.15, 0.2) is 24.3 Å². The van der Waals surface area contributed by atoms with E-state index in [4.69, 9.17) is 5.26 Å². The van der Waals surface area contributed by atoms with Gasteiger partial charge in [0.25, 0.3) is 10.1 Å². The number of nitriles is 1. The van der Waals surface area contributed by atoms with Crippen molar-refractivity contribution in [2.75, 3.05) is 12.9 Å². The number of aryl methyl sites for hydroxylation is 1. The summed E-state index contributed by atoms with van der Waals surface area (Å²) in [5.74, 6) is 0. The third-order valence-corrected chi connectivity index (χ3v) is 2.56. The van der Waals surface area contributed by atoms with Gasteiger partial charge in [0, 0.05) is 0 Å². The Hall–Kier alpha value is -1.38. The summed E-state index contributed by atoms with van der Waals surface area (Å²) >= 11 is 0. The Morgan fingerprint density at radius 2 is 2.19 bits per heavy atom. The molecule has 86 valence electrons. The Morgan fingerprint density at radius 1 is 1.44 bits per heavy atom. The Balaban J connectivity index is 2.41. The summed E-state index contributed by atoms with van der Waals surface area (Å²) in [6.07, 6.45) is 2.34. The van der Waals surface area contributed by atoms with E-state index in [9.17, 15) is 8.42 Å². The summed E-state index contributed by atoms with van der Waals surface area (Å²) in [6, 6.07) is 9.29. The molecular formula is C11H13NO3S. The summed E-state index contributed by atoms with van der Waals surface area (Å²) in [5.41, 5.74) is 1.62. The third kappa shape index (κ3) is 4.91. The van der Waals surface area contributed by atoms with Crippen molar-refractivity contribution in [2.45, 2.75) is 12.8 Å². The number of nitrogens with zero attached hydrogens (tertiary/aromatic N) is 1. The zero-order valence-electron chi connectivity index (χ0n) is 9.01. The lowest BCUT2D eigenvalue weighted by atomic mass is 10.1. The second-order valence-electron chi connectivity index (χ2n) is 3.44. The van der Waals surface area contributed by atoms with Crippen LogP contribution in [0.1, 0.15) is 17.5 Å². The molecule has 4 nitrogen and oxygen atoms in total. The van der Waals surface area contributed by atoms with Crippen molar-refractivity contribution in [1.29, 1.82) is 5.26 Å². The Bertz CT molecular complexity index is 488. The SMILES string of the molecule is CS(=O)(=O)OCCCc1cccc(C#N)c1. The highest BCUT2D eigenvalue weighted by Crippen LogP contribution is 2.07. The topological polar surface area (TPSA) is 67.2 Å². The smallest absolute Gasteiger partial charge is 0.264 e. The van der Waals surface area contributed by atoms with Gasteiger partial charge in [-0.2, -0.15) is 13.7 Å². The lowest BCUT2D eigenvalue weighted by molar-refractivity contribution is 0.316. The summed E-state index contributed by atoms with van der Waals surface area (Å²) in [7, 11) is -3.34. The van der Waals surface area contributed by atoms with Gasteiger partial charge in [0.1, 0.15) is 0 Å². The number of benzene rings is 1. The molecule has 0 amide bonds. The summed E-state index contributed by atoms with van der Waals surface area (Å²) < 4.78 is 26.0. The van der Waals surface area contributed by atoms with Crippen LogP contribution in [0.25, 0.3) is 0 Å². The van der Waals surface area contributed by atoms with E-state index in [-0.39, 0.29) is 6.61 Å². The van der Waals surface area contributed by atoms with E-state index in [1.165, 1.54) is 0 Å². The predicted octanol–water partition coefficient (Wildman–Crippen LogP) is 1.47. The van der Waals surface area contributed by atoms with Crippen LogP contribution in [0.4, 0.5) is 0 Å². The highest BCUT2D eigenvalue weighted by Gasteiger charge is 2.01. The van der Waals surface area contributed by atoms with Crippen molar-refractivity contribution in [2.24, 2.45) is 0 Å². The molecule has 0 saturated carbocycles. The Morgan fingerprint density at radius 3 is 2.81 bits per heavy atom. The van der Waals surface area contributed by atoms with Crippen molar-refractivity contribution in [3.63, 3.8) is 0 Å². The molecule has 5 heteroatoms. The first-order valence-corrected chi connectivity index (χ1v) is 6.66. The third-order valence-electron chi connectivity index (χ3n) is 1.96. The maximum absolute atomic E-state index is 10.7. The van der Waals surface area contributed by atoms with Crippen molar-refractivity contribution < 1.29 is 12.6 Å². The monoisotopic (exact) mass is 239 g/mol. The van der Waals surface area contributed by atoms with Crippen LogP contribution < -0.4 is 0 Å². The second-order valence-corrected chi connectivity index (χ2v) is 5.09. The molecule has 0 heterocycles. The summed E-state index contributed by atoms with van der Waals surface area (Å²) in [5, 5.41) is 8.69. The molecule has 0 N–H and O–H groups in total. The molecule has 0 unspecified atom stereocenters. The molecule has 1 aromatic carbocycles. The van der Waals surface area contributed by atoms with Gasteiger partial charge >= 0.3 is 0 Å². The number of hydrogen-bond acceptors (Lipinski definition) is 4. The predicted molar refractivity (Wildman–Crippen MR) is 60.3 cm³/mol.